The summed E-state index contributed by atoms with van der Waals surface area (Å²) in [6.45, 7) is 0.0955. The molecule has 0 atom stereocenters. The van der Waals surface area contributed by atoms with E-state index in [2.05, 4.69) is 20.6 Å². The number of aromatic amines is 1. The normalized spacial score (nSPS) is 17.4. The van der Waals surface area contributed by atoms with E-state index in [1.54, 1.807) is 0 Å². The summed E-state index contributed by atoms with van der Waals surface area (Å²) in [7, 11) is 0. The van der Waals surface area contributed by atoms with Crippen molar-refractivity contribution in [1.82, 2.24) is 20.6 Å². The highest BCUT2D eigenvalue weighted by atomic mass is 19.3. The first-order valence-electron chi connectivity index (χ1n) is 6.09. The fraction of sp³-hybridized carbons (Fsp3) is 0.545. The van der Waals surface area contributed by atoms with E-state index in [-0.39, 0.29) is 37.3 Å². The van der Waals surface area contributed by atoms with Gasteiger partial charge in [0.1, 0.15) is 5.82 Å². The van der Waals surface area contributed by atoms with Crippen LogP contribution in [-0.4, -0.2) is 28.0 Å². The molecule has 0 spiro atoms. The average molecular weight is 287 g/mol. The lowest BCUT2D eigenvalue weighted by atomic mass is 9.88. The van der Waals surface area contributed by atoms with Gasteiger partial charge in [0, 0.05) is 31.5 Å². The predicted molar refractivity (Wildman–Crippen MR) is 66.1 cm³/mol. The molecule has 2 rings (SSSR count). The molecule has 0 bridgehead atoms. The van der Waals surface area contributed by atoms with Crippen molar-refractivity contribution in [3.05, 3.63) is 27.9 Å². The number of hydrogen-bond acceptors (Lipinski definition) is 4. The molecule has 1 saturated carbocycles. The highest BCUT2D eigenvalue weighted by Gasteiger charge is 2.45. The van der Waals surface area contributed by atoms with Gasteiger partial charge in [-0.25, -0.2) is 18.6 Å². The Morgan fingerprint density at radius 1 is 1.55 bits per heavy atom. The number of nitrogens with zero attached hydrogens (tertiary/aromatic N) is 1. The van der Waals surface area contributed by atoms with Crippen molar-refractivity contribution in [3.8, 4) is 0 Å². The van der Waals surface area contributed by atoms with Crippen molar-refractivity contribution < 1.29 is 13.6 Å². The highest BCUT2D eigenvalue weighted by Crippen LogP contribution is 2.37. The van der Waals surface area contributed by atoms with Gasteiger partial charge in [-0.1, -0.05) is 0 Å². The van der Waals surface area contributed by atoms with Crippen molar-refractivity contribution in [1.29, 1.82) is 0 Å². The first kappa shape index (κ1) is 14.4. The molecule has 1 aromatic rings. The maximum atomic E-state index is 12.6. The molecule has 2 amide bonds. The molecule has 20 heavy (non-hydrogen) atoms. The molecule has 9 heteroatoms. The number of aromatic nitrogens is 2. The third-order valence-corrected chi connectivity index (χ3v) is 2.89. The van der Waals surface area contributed by atoms with E-state index in [1.165, 1.54) is 6.07 Å². The van der Waals surface area contributed by atoms with Gasteiger partial charge in [0.25, 0.3) is 11.5 Å². The van der Waals surface area contributed by atoms with Crippen LogP contribution in [0, 0.1) is 0 Å². The summed E-state index contributed by atoms with van der Waals surface area (Å²) in [5, 5.41) is 4.85. The highest BCUT2D eigenvalue weighted by molar-refractivity contribution is 5.74. The maximum absolute atomic E-state index is 12.6. The Morgan fingerprint density at radius 3 is 2.85 bits per heavy atom. The van der Waals surface area contributed by atoms with E-state index in [9.17, 15) is 18.4 Å². The Kier molecular flexibility index (Phi) is 3.98. The molecule has 0 aromatic carbocycles. The Morgan fingerprint density at radius 2 is 2.25 bits per heavy atom. The minimum Gasteiger partial charge on any atom is -0.335 e. The van der Waals surface area contributed by atoms with Gasteiger partial charge in [-0.2, -0.15) is 0 Å². The summed E-state index contributed by atoms with van der Waals surface area (Å²) < 4.78 is 25.2. The molecule has 1 aromatic heterocycles. The van der Waals surface area contributed by atoms with Crippen molar-refractivity contribution in [2.24, 2.45) is 5.73 Å². The van der Waals surface area contributed by atoms with Crippen LogP contribution in [-0.2, 0) is 13.1 Å². The zero-order valence-electron chi connectivity index (χ0n) is 10.6. The molecule has 1 fully saturated rings. The Hall–Kier alpha value is -2.03. The Bertz CT molecular complexity index is 552. The van der Waals surface area contributed by atoms with E-state index < -0.39 is 18.0 Å². The Labute approximate surface area is 113 Å². The molecule has 1 heterocycles. The number of nitrogens with two attached hydrogens (primary N) is 1. The van der Waals surface area contributed by atoms with Gasteiger partial charge in [0.15, 0.2) is 0 Å². The fourth-order valence-electron chi connectivity index (χ4n) is 1.92. The summed E-state index contributed by atoms with van der Waals surface area (Å²) in [6.07, 6.45) is -0.698. The lowest BCUT2D eigenvalue weighted by Crippen LogP contribution is -2.53. The van der Waals surface area contributed by atoms with Crippen LogP contribution in [0.4, 0.5) is 13.6 Å². The second-order valence-corrected chi connectivity index (χ2v) is 4.68. The summed E-state index contributed by atoms with van der Waals surface area (Å²) in [6, 6.07) is 0.165. The number of hydrogen-bond donors (Lipinski definition) is 4. The number of halogens is 2. The van der Waals surface area contributed by atoms with Crippen LogP contribution in [0.3, 0.4) is 0 Å². The minimum atomic E-state index is -2.68. The topological polar surface area (TPSA) is 113 Å². The summed E-state index contributed by atoms with van der Waals surface area (Å²) in [4.78, 5) is 29.2. The van der Waals surface area contributed by atoms with Crippen LogP contribution in [0.25, 0.3) is 0 Å². The molecule has 0 saturated heterocycles. The molecule has 5 N–H and O–H groups in total. The van der Waals surface area contributed by atoms with E-state index in [4.69, 9.17) is 5.73 Å². The van der Waals surface area contributed by atoms with Gasteiger partial charge in [0.05, 0.1) is 12.2 Å². The number of carbonyl (C=O) groups excluding carboxylic acids is 1. The first-order valence-corrected chi connectivity index (χ1v) is 6.09. The molecule has 0 aliphatic heterocycles. The monoisotopic (exact) mass is 287 g/mol. The predicted octanol–water partition coefficient (Wildman–Crippen LogP) is -0.175. The standard InChI is InChI=1S/C11H15F2N5O2/c12-11(13)2-7(3-11)17-10(20)15-5-8-16-6(4-14)1-9(19)18-8/h1,7H,2-5,14H2,(H2,15,17,20)(H,16,18,19). The van der Waals surface area contributed by atoms with Crippen molar-refractivity contribution >= 4 is 6.03 Å². The quantitative estimate of drug-likeness (QED) is 0.615. The van der Waals surface area contributed by atoms with Crippen molar-refractivity contribution in [3.63, 3.8) is 0 Å². The molecular weight excluding hydrogens is 272 g/mol. The number of amides is 2. The van der Waals surface area contributed by atoms with Crippen LogP contribution in [0.2, 0.25) is 0 Å². The molecule has 110 valence electrons. The van der Waals surface area contributed by atoms with Gasteiger partial charge in [-0.05, 0) is 0 Å². The van der Waals surface area contributed by atoms with Gasteiger partial charge in [0.2, 0.25) is 0 Å². The van der Waals surface area contributed by atoms with Gasteiger partial charge >= 0.3 is 6.03 Å². The maximum Gasteiger partial charge on any atom is 0.315 e. The number of rotatable bonds is 4. The number of carbonyl (C=O) groups is 1. The summed E-state index contributed by atoms with van der Waals surface area (Å²) in [5.74, 6) is -2.42. The van der Waals surface area contributed by atoms with Crippen LogP contribution in [0.15, 0.2) is 10.9 Å². The summed E-state index contributed by atoms with van der Waals surface area (Å²) >= 11 is 0. The second kappa shape index (κ2) is 5.53. The molecule has 0 radical (unpaired) electrons. The van der Waals surface area contributed by atoms with Crippen LogP contribution >= 0.6 is 0 Å². The lowest BCUT2D eigenvalue weighted by Gasteiger charge is -2.35. The SMILES string of the molecule is NCc1cc(=O)[nH]c(CNC(=O)NC2CC(F)(F)C2)n1. The number of H-pyrrole nitrogens is 1. The molecule has 1 aliphatic rings. The van der Waals surface area contributed by atoms with Gasteiger partial charge in [-0.15, -0.1) is 0 Å². The van der Waals surface area contributed by atoms with Crippen LogP contribution in [0.1, 0.15) is 24.4 Å². The molecule has 1 aliphatic carbocycles. The number of alkyl halides is 2. The average Bonchev–Trinajstić information content (AvgIpc) is 2.33. The first-order chi connectivity index (χ1) is 9.38. The third kappa shape index (κ3) is 3.73. The largest absolute Gasteiger partial charge is 0.335 e. The smallest absolute Gasteiger partial charge is 0.315 e. The molecular formula is C11H15F2N5O2. The fourth-order valence-corrected chi connectivity index (χ4v) is 1.92. The van der Waals surface area contributed by atoms with Crippen LogP contribution < -0.4 is 21.9 Å². The van der Waals surface area contributed by atoms with E-state index in [1.807, 2.05) is 0 Å². The zero-order chi connectivity index (χ0) is 14.8. The van der Waals surface area contributed by atoms with Crippen molar-refractivity contribution in [2.75, 3.05) is 0 Å². The van der Waals surface area contributed by atoms with Crippen LogP contribution in [0.5, 0.6) is 0 Å². The molecule has 7 nitrogen and oxygen atoms in total. The van der Waals surface area contributed by atoms with E-state index in [0.29, 0.717) is 5.69 Å². The van der Waals surface area contributed by atoms with Gasteiger partial charge < -0.3 is 21.4 Å². The number of urea groups is 1. The zero-order valence-corrected chi connectivity index (χ0v) is 10.6. The van der Waals surface area contributed by atoms with Gasteiger partial charge in [-0.3, -0.25) is 4.79 Å². The minimum absolute atomic E-state index is 0.0158. The third-order valence-electron chi connectivity index (χ3n) is 2.89. The van der Waals surface area contributed by atoms with E-state index in [0.717, 1.165) is 0 Å². The number of nitrogens with one attached hydrogen (secondary N) is 3. The lowest BCUT2D eigenvalue weighted by molar-refractivity contribution is -0.0896. The summed E-state index contributed by atoms with van der Waals surface area (Å²) in [5.41, 5.74) is 5.42. The van der Waals surface area contributed by atoms with E-state index >= 15 is 0 Å². The van der Waals surface area contributed by atoms with Crippen molar-refractivity contribution in [2.45, 2.75) is 37.9 Å². The Balaban J connectivity index is 1.81. The second-order valence-electron chi connectivity index (χ2n) is 4.68. The molecule has 0 unspecified atom stereocenters.